The van der Waals surface area contributed by atoms with Crippen LogP contribution < -0.4 is 4.90 Å². The molecule has 0 bridgehead atoms. The summed E-state index contributed by atoms with van der Waals surface area (Å²) >= 11 is 15.6. The van der Waals surface area contributed by atoms with E-state index in [9.17, 15) is 4.79 Å². The molecule has 1 fully saturated rings. The normalized spacial score (nSPS) is 18.6. The van der Waals surface area contributed by atoms with Crippen LogP contribution in [0.4, 0.5) is 5.13 Å². The number of aryl methyl sites for hydroxylation is 2. The Morgan fingerprint density at radius 1 is 1.29 bits per heavy atom. The van der Waals surface area contributed by atoms with Crippen molar-refractivity contribution in [1.29, 1.82) is 0 Å². The quantitative estimate of drug-likeness (QED) is 0.769. The van der Waals surface area contributed by atoms with Gasteiger partial charge in [-0.1, -0.05) is 29.3 Å². The number of aromatic nitrogens is 1. The maximum absolute atomic E-state index is 12.3. The van der Waals surface area contributed by atoms with E-state index >= 15 is 0 Å². The highest BCUT2D eigenvalue weighted by Crippen LogP contribution is 2.47. The van der Waals surface area contributed by atoms with Crippen molar-refractivity contribution in [2.75, 3.05) is 10.7 Å². The lowest BCUT2D eigenvalue weighted by Gasteiger charge is -2.23. The monoisotopic (exact) mass is 358 g/mol. The van der Waals surface area contributed by atoms with Crippen LogP contribution in [0.5, 0.6) is 0 Å². The van der Waals surface area contributed by atoms with Gasteiger partial charge in [-0.2, -0.15) is 0 Å². The highest BCUT2D eigenvalue weighted by Gasteiger charge is 2.38. The first-order valence-electron chi connectivity index (χ1n) is 6.30. The molecule has 1 unspecified atom stereocenters. The Balaban J connectivity index is 2.08. The molecule has 0 aliphatic carbocycles. The molecule has 0 N–H and O–H groups in total. The fraction of sp³-hybridized carbons (Fsp3) is 0.286. The maximum atomic E-state index is 12.3. The van der Waals surface area contributed by atoms with Crippen molar-refractivity contribution in [2.45, 2.75) is 19.2 Å². The number of benzene rings is 1. The van der Waals surface area contributed by atoms with Crippen molar-refractivity contribution >= 4 is 57.3 Å². The van der Waals surface area contributed by atoms with Gasteiger partial charge >= 0.3 is 0 Å². The smallest absolute Gasteiger partial charge is 0.240 e. The van der Waals surface area contributed by atoms with Gasteiger partial charge in [-0.3, -0.25) is 9.69 Å². The van der Waals surface area contributed by atoms with E-state index in [0.29, 0.717) is 20.9 Å². The van der Waals surface area contributed by atoms with Crippen LogP contribution in [0.15, 0.2) is 18.2 Å². The van der Waals surface area contributed by atoms with Crippen LogP contribution in [0, 0.1) is 13.8 Å². The Morgan fingerprint density at radius 3 is 2.52 bits per heavy atom. The fourth-order valence-corrected chi connectivity index (χ4v) is 5.13. The Morgan fingerprint density at radius 2 is 1.95 bits per heavy atom. The molecular formula is C14H12Cl2N2OS2. The van der Waals surface area contributed by atoms with Crippen LogP contribution in [-0.4, -0.2) is 16.6 Å². The molecule has 1 aromatic carbocycles. The third-order valence-corrected chi connectivity index (χ3v) is 6.25. The van der Waals surface area contributed by atoms with Gasteiger partial charge in [-0.15, -0.1) is 23.1 Å². The van der Waals surface area contributed by atoms with Gasteiger partial charge in [0.25, 0.3) is 0 Å². The Hall–Kier alpha value is -0.750. The van der Waals surface area contributed by atoms with E-state index in [1.54, 1.807) is 23.1 Å². The third kappa shape index (κ3) is 2.68. The number of carbonyl (C=O) groups excluding carboxylic acids is 1. The molecule has 2 aromatic rings. The lowest BCUT2D eigenvalue weighted by molar-refractivity contribution is -0.115. The van der Waals surface area contributed by atoms with Crippen LogP contribution in [-0.2, 0) is 4.79 Å². The molecule has 1 aliphatic heterocycles. The summed E-state index contributed by atoms with van der Waals surface area (Å²) in [5.74, 6) is 0.443. The summed E-state index contributed by atoms with van der Waals surface area (Å²) < 4.78 is 0. The minimum atomic E-state index is -0.219. The van der Waals surface area contributed by atoms with E-state index in [2.05, 4.69) is 4.98 Å². The number of thioether (sulfide) groups is 1. The van der Waals surface area contributed by atoms with E-state index in [4.69, 9.17) is 23.2 Å². The molecule has 2 heterocycles. The Kier molecular flexibility index (Phi) is 4.19. The summed E-state index contributed by atoms with van der Waals surface area (Å²) in [6, 6.07) is 5.39. The number of nitrogens with zero attached hydrogens (tertiary/aromatic N) is 2. The van der Waals surface area contributed by atoms with Crippen LogP contribution in [0.25, 0.3) is 0 Å². The zero-order chi connectivity index (χ0) is 15.1. The second kappa shape index (κ2) is 5.80. The number of anilines is 1. The lowest BCUT2D eigenvalue weighted by atomic mass is 10.2. The summed E-state index contributed by atoms with van der Waals surface area (Å²) in [5, 5.41) is 1.64. The number of halogens is 2. The zero-order valence-corrected chi connectivity index (χ0v) is 14.5. The fourth-order valence-electron chi connectivity index (χ4n) is 2.15. The summed E-state index contributed by atoms with van der Waals surface area (Å²) in [4.78, 5) is 19.6. The second-order valence-electron chi connectivity index (χ2n) is 4.70. The van der Waals surface area contributed by atoms with E-state index in [1.807, 2.05) is 13.8 Å². The molecule has 7 heteroatoms. The molecule has 1 atom stereocenters. The third-order valence-electron chi connectivity index (χ3n) is 3.34. The van der Waals surface area contributed by atoms with Crippen LogP contribution in [0.3, 0.4) is 0 Å². The van der Waals surface area contributed by atoms with Crippen molar-refractivity contribution < 1.29 is 4.79 Å². The average Bonchev–Trinajstić information content (AvgIpc) is 2.94. The van der Waals surface area contributed by atoms with Gasteiger partial charge in [0.15, 0.2) is 5.13 Å². The van der Waals surface area contributed by atoms with E-state index in [-0.39, 0.29) is 11.3 Å². The zero-order valence-electron chi connectivity index (χ0n) is 11.4. The molecule has 0 spiro atoms. The molecule has 21 heavy (non-hydrogen) atoms. The largest absolute Gasteiger partial charge is 0.273 e. The number of hydrogen-bond acceptors (Lipinski definition) is 4. The lowest BCUT2D eigenvalue weighted by Crippen LogP contribution is -2.28. The summed E-state index contributed by atoms with van der Waals surface area (Å²) in [6.07, 6.45) is 0. The standard InChI is InChI=1S/C14H12Cl2N2OS2/c1-7-8(2)21-14(17-7)18-11(19)6-20-13(18)12-9(15)4-3-5-10(12)16/h3-5,13H,6H2,1-2H3. The molecule has 3 nitrogen and oxygen atoms in total. The van der Waals surface area contributed by atoms with Gasteiger partial charge in [-0.05, 0) is 26.0 Å². The molecule has 0 radical (unpaired) electrons. The van der Waals surface area contributed by atoms with Crippen molar-refractivity contribution in [3.05, 3.63) is 44.4 Å². The van der Waals surface area contributed by atoms with Crippen LogP contribution >= 0.6 is 46.3 Å². The van der Waals surface area contributed by atoms with E-state index < -0.39 is 0 Å². The van der Waals surface area contributed by atoms with E-state index in [0.717, 1.165) is 16.1 Å². The number of hydrogen-bond donors (Lipinski definition) is 0. The summed E-state index contributed by atoms with van der Waals surface area (Å²) in [7, 11) is 0. The van der Waals surface area contributed by atoms with Crippen molar-refractivity contribution in [3.8, 4) is 0 Å². The minimum absolute atomic E-state index is 0.0368. The van der Waals surface area contributed by atoms with Crippen molar-refractivity contribution in [1.82, 2.24) is 4.98 Å². The molecule has 1 aliphatic rings. The maximum Gasteiger partial charge on any atom is 0.240 e. The van der Waals surface area contributed by atoms with Gasteiger partial charge in [0.1, 0.15) is 5.37 Å². The number of amides is 1. The molecule has 110 valence electrons. The summed E-state index contributed by atoms with van der Waals surface area (Å²) in [6.45, 7) is 3.95. The van der Waals surface area contributed by atoms with Gasteiger partial charge in [-0.25, -0.2) is 4.98 Å². The molecule has 1 amide bonds. The van der Waals surface area contributed by atoms with Crippen molar-refractivity contribution in [2.24, 2.45) is 0 Å². The van der Waals surface area contributed by atoms with Crippen LogP contribution in [0.1, 0.15) is 21.5 Å². The van der Waals surface area contributed by atoms with Gasteiger partial charge in [0.05, 0.1) is 11.4 Å². The van der Waals surface area contributed by atoms with Crippen molar-refractivity contribution in [3.63, 3.8) is 0 Å². The number of carbonyl (C=O) groups is 1. The Labute approximate surface area is 141 Å². The van der Waals surface area contributed by atoms with Gasteiger partial charge < -0.3 is 0 Å². The van der Waals surface area contributed by atoms with Gasteiger partial charge in [0, 0.05) is 20.5 Å². The topological polar surface area (TPSA) is 33.2 Å². The minimum Gasteiger partial charge on any atom is -0.273 e. The SMILES string of the molecule is Cc1nc(N2C(=O)CSC2c2c(Cl)cccc2Cl)sc1C. The predicted octanol–water partition coefficient (Wildman–Crippen LogP) is 4.85. The molecule has 1 aromatic heterocycles. The van der Waals surface area contributed by atoms with Crippen LogP contribution in [0.2, 0.25) is 10.0 Å². The molecular weight excluding hydrogens is 347 g/mol. The predicted molar refractivity (Wildman–Crippen MR) is 90.7 cm³/mol. The first-order valence-corrected chi connectivity index (χ1v) is 8.92. The summed E-state index contributed by atoms with van der Waals surface area (Å²) in [5.41, 5.74) is 1.73. The number of thiazole rings is 1. The molecule has 3 rings (SSSR count). The second-order valence-corrected chi connectivity index (χ2v) is 7.77. The number of rotatable bonds is 2. The molecule has 0 saturated carbocycles. The Bertz CT molecular complexity index is 677. The average molecular weight is 359 g/mol. The first-order chi connectivity index (χ1) is 9.99. The van der Waals surface area contributed by atoms with E-state index in [1.165, 1.54) is 23.1 Å². The highest BCUT2D eigenvalue weighted by molar-refractivity contribution is 8.00. The molecule has 1 saturated heterocycles. The van der Waals surface area contributed by atoms with Gasteiger partial charge in [0.2, 0.25) is 5.91 Å². The first kappa shape index (κ1) is 15.2. The highest BCUT2D eigenvalue weighted by atomic mass is 35.5.